The molecule has 4 heterocycles. The quantitative estimate of drug-likeness (QED) is 0.462. The van der Waals surface area contributed by atoms with Gasteiger partial charge in [-0.1, -0.05) is 13.2 Å². The molecule has 0 spiro atoms. The Balaban J connectivity index is 1.60. The molecule has 0 saturated heterocycles. The van der Waals surface area contributed by atoms with Crippen LogP contribution in [0.25, 0.3) is 22.3 Å². The number of aliphatic hydroxyl groups excluding tert-OH is 1. The Kier molecular flexibility index (Phi) is 4.61. The van der Waals surface area contributed by atoms with Gasteiger partial charge in [0.05, 0.1) is 34.7 Å². The SMILES string of the molecule is C=C(CN(C)c1cc2cc3c(nc2cc1F)-c1cc2c(c(=O)n1C3)COC(=C)[C@H]2O)C(=O)O. The molecule has 2 N–H and O–H groups in total. The van der Waals surface area contributed by atoms with Crippen molar-refractivity contribution in [3.8, 4) is 11.4 Å². The lowest BCUT2D eigenvalue weighted by atomic mass is 9.99. The van der Waals surface area contributed by atoms with E-state index in [0.29, 0.717) is 33.4 Å². The first-order valence-electron chi connectivity index (χ1n) is 10.2. The van der Waals surface area contributed by atoms with Crippen molar-refractivity contribution >= 4 is 22.6 Å². The van der Waals surface area contributed by atoms with E-state index in [-0.39, 0.29) is 42.3 Å². The van der Waals surface area contributed by atoms with Gasteiger partial charge in [0.1, 0.15) is 24.3 Å². The summed E-state index contributed by atoms with van der Waals surface area (Å²) in [5.41, 5.74) is 2.98. The second-order valence-electron chi connectivity index (χ2n) is 8.27. The van der Waals surface area contributed by atoms with Crippen LogP contribution in [0.3, 0.4) is 0 Å². The first-order chi connectivity index (χ1) is 15.7. The molecule has 2 aromatic heterocycles. The summed E-state index contributed by atoms with van der Waals surface area (Å²) in [6.07, 6.45) is -1.10. The number of nitrogens with zero attached hydrogens (tertiary/aromatic N) is 3. The molecular formula is C24H20FN3O5. The fourth-order valence-electron chi connectivity index (χ4n) is 4.34. The Bertz CT molecular complexity index is 1460. The maximum absolute atomic E-state index is 14.9. The molecule has 5 rings (SSSR count). The second kappa shape index (κ2) is 7.28. The average Bonchev–Trinajstić information content (AvgIpc) is 3.12. The molecule has 0 unspecified atom stereocenters. The van der Waals surface area contributed by atoms with Crippen molar-refractivity contribution in [1.29, 1.82) is 0 Å². The minimum absolute atomic E-state index is 0.0403. The van der Waals surface area contributed by atoms with E-state index in [0.717, 1.165) is 5.56 Å². The van der Waals surface area contributed by atoms with Crippen LogP contribution in [0, 0.1) is 5.82 Å². The Hall–Kier alpha value is -3.98. The number of benzene rings is 1. The summed E-state index contributed by atoms with van der Waals surface area (Å²) >= 11 is 0. The number of carboxylic acid groups (broad SMARTS) is 1. The second-order valence-corrected chi connectivity index (χ2v) is 8.27. The molecule has 9 heteroatoms. The number of anilines is 1. The number of hydrogen-bond acceptors (Lipinski definition) is 6. The lowest BCUT2D eigenvalue weighted by Crippen LogP contribution is -2.29. The van der Waals surface area contributed by atoms with Crippen molar-refractivity contribution in [2.75, 3.05) is 18.5 Å². The van der Waals surface area contributed by atoms with Gasteiger partial charge in [0.25, 0.3) is 5.56 Å². The van der Waals surface area contributed by atoms with Crippen LogP contribution >= 0.6 is 0 Å². The molecule has 8 nitrogen and oxygen atoms in total. The van der Waals surface area contributed by atoms with Gasteiger partial charge in [0.2, 0.25) is 0 Å². The van der Waals surface area contributed by atoms with Gasteiger partial charge in [0.15, 0.2) is 0 Å². The van der Waals surface area contributed by atoms with E-state index >= 15 is 0 Å². The molecule has 2 aliphatic rings. The van der Waals surface area contributed by atoms with Crippen LogP contribution in [0.4, 0.5) is 10.1 Å². The maximum Gasteiger partial charge on any atom is 0.332 e. The third-order valence-corrected chi connectivity index (χ3v) is 6.11. The van der Waals surface area contributed by atoms with Crippen LogP contribution in [-0.4, -0.2) is 39.3 Å². The summed E-state index contributed by atoms with van der Waals surface area (Å²) in [4.78, 5) is 30.2. The Morgan fingerprint density at radius 3 is 2.85 bits per heavy atom. The number of aliphatic hydroxyl groups is 1. The number of carbonyl (C=O) groups is 1. The molecule has 1 aromatic carbocycles. The van der Waals surface area contributed by atoms with Crippen molar-refractivity contribution < 1.29 is 24.1 Å². The van der Waals surface area contributed by atoms with Crippen molar-refractivity contribution in [3.05, 3.63) is 81.6 Å². The highest BCUT2D eigenvalue weighted by Gasteiger charge is 2.31. The first-order valence-corrected chi connectivity index (χ1v) is 10.2. The molecule has 0 fully saturated rings. The molecule has 0 radical (unpaired) electrons. The fourth-order valence-corrected chi connectivity index (χ4v) is 4.34. The number of fused-ring (bicyclic) bond motifs is 5. The van der Waals surface area contributed by atoms with E-state index in [4.69, 9.17) is 9.84 Å². The van der Waals surface area contributed by atoms with E-state index < -0.39 is 17.9 Å². The van der Waals surface area contributed by atoms with Gasteiger partial charge in [-0.3, -0.25) is 4.79 Å². The molecule has 1 atom stereocenters. The van der Waals surface area contributed by atoms with Crippen LogP contribution in [0.2, 0.25) is 0 Å². The van der Waals surface area contributed by atoms with Gasteiger partial charge in [-0.25, -0.2) is 14.2 Å². The van der Waals surface area contributed by atoms with Crippen LogP contribution in [0.1, 0.15) is 22.8 Å². The molecule has 2 aliphatic heterocycles. The number of ether oxygens (including phenoxy) is 1. The summed E-state index contributed by atoms with van der Waals surface area (Å²) in [7, 11) is 1.58. The van der Waals surface area contributed by atoms with E-state index in [1.165, 1.54) is 11.0 Å². The normalized spacial score (nSPS) is 16.1. The maximum atomic E-state index is 14.9. The number of rotatable bonds is 4. The molecule has 0 amide bonds. The van der Waals surface area contributed by atoms with E-state index in [2.05, 4.69) is 18.1 Å². The average molecular weight is 449 g/mol. The summed E-state index contributed by atoms with van der Waals surface area (Å²) in [5, 5.41) is 20.1. The number of aromatic nitrogens is 2. The third kappa shape index (κ3) is 3.20. The molecule has 0 bridgehead atoms. The van der Waals surface area contributed by atoms with Crippen LogP contribution < -0.4 is 10.5 Å². The molecule has 168 valence electrons. The minimum atomic E-state index is -1.15. The number of aliphatic carboxylic acids is 1. The minimum Gasteiger partial charge on any atom is -0.491 e. The van der Waals surface area contributed by atoms with Crippen molar-refractivity contribution in [3.63, 3.8) is 0 Å². The third-order valence-electron chi connectivity index (χ3n) is 6.11. The smallest absolute Gasteiger partial charge is 0.332 e. The summed E-state index contributed by atoms with van der Waals surface area (Å²) in [6, 6.07) is 6.45. The fraction of sp³-hybridized carbons (Fsp3) is 0.208. The predicted octanol–water partition coefficient (Wildman–Crippen LogP) is 2.72. The highest BCUT2D eigenvalue weighted by Crippen LogP contribution is 2.37. The molecule has 0 saturated carbocycles. The summed E-state index contributed by atoms with van der Waals surface area (Å²) in [5.74, 6) is -1.52. The van der Waals surface area contributed by atoms with E-state index in [1.807, 2.05) is 6.07 Å². The number of likely N-dealkylation sites (N-methyl/N-ethyl adjacent to an activating group) is 1. The molecule has 3 aromatic rings. The topological polar surface area (TPSA) is 105 Å². The zero-order chi connectivity index (χ0) is 23.6. The largest absolute Gasteiger partial charge is 0.491 e. The highest BCUT2D eigenvalue weighted by molar-refractivity contribution is 5.89. The highest BCUT2D eigenvalue weighted by atomic mass is 19.1. The van der Waals surface area contributed by atoms with Crippen LogP contribution in [0.5, 0.6) is 0 Å². The summed E-state index contributed by atoms with van der Waals surface area (Å²) in [6.45, 7) is 7.46. The zero-order valence-corrected chi connectivity index (χ0v) is 17.8. The van der Waals surface area contributed by atoms with Gasteiger partial charge in [-0.05, 0) is 18.2 Å². The summed E-state index contributed by atoms with van der Waals surface area (Å²) < 4.78 is 21.8. The first kappa shape index (κ1) is 20.9. The lowest BCUT2D eigenvalue weighted by Gasteiger charge is -2.24. The van der Waals surface area contributed by atoms with Crippen molar-refractivity contribution in [2.24, 2.45) is 0 Å². The Morgan fingerprint density at radius 1 is 1.36 bits per heavy atom. The molecule has 33 heavy (non-hydrogen) atoms. The number of hydrogen-bond donors (Lipinski definition) is 2. The number of carboxylic acids is 1. The molecular weight excluding hydrogens is 429 g/mol. The Morgan fingerprint density at radius 2 is 2.12 bits per heavy atom. The van der Waals surface area contributed by atoms with Gasteiger partial charge >= 0.3 is 5.97 Å². The predicted molar refractivity (Wildman–Crippen MR) is 119 cm³/mol. The van der Waals surface area contributed by atoms with Crippen LogP contribution in [0.15, 0.2) is 53.6 Å². The van der Waals surface area contributed by atoms with Gasteiger partial charge < -0.3 is 24.4 Å². The van der Waals surface area contributed by atoms with Gasteiger partial charge in [-0.2, -0.15) is 0 Å². The lowest BCUT2D eigenvalue weighted by molar-refractivity contribution is -0.132. The Labute approximate surface area is 187 Å². The van der Waals surface area contributed by atoms with Crippen molar-refractivity contribution in [2.45, 2.75) is 19.3 Å². The van der Waals surface area contributed by atoms with Crippen LogP contribution in [-0.2, 0) is 22.7 Å². The number of pyridine rings is 2. The van der Waals surface area contributed by atoms with E-state index in [1.54, 1.807) is 23.7 Å². The standard InChI is InChI=1S/C24H20FN3O5/c1-11(24(31)32)8-27(3)19-5-13-4-14-9-28-20(21(14)26-18(13)7-17(19)25)6-15-16(23(28)30)10-33-12(2)22(15)29/h4-7,22,29H,1-2,8-10H2,3H3,(H,31,32)/t22-/m1/s1. The van der Waals surface area contributed by atoms with Crippen molar-refractivity contribution in [1.82, 2.24) is 9.55 Å². The molecule has 0 aliphatic carbocycles. The number of halogens is 1. The monoisotopic (exact) mass is 449 g/mol. The van der Waals surface area contributed by atoms with E-state index in [9.17, 15) is 19.1 Å². The zero-order valence-electron chi connectivity index (χ0n) is 17.8. The van der Waals surface area contributed by atoms with Gasteiger partial charge in [0, 0.05) is 41.7 Å². The van der Waals surface area contributed by atoms with Gasteiger partial charge in [-0.15, -0.1) is 0 Å².